The Morgan fingerprint density at radius 3 is 2.50 bits per heavy atom. The Morgan fingerprint density at radius 2 is 1.82 bits per heavy atom. The number of hydrogen-bond acceptors (Lipinski definition) is 4. The average molecular weight is 297 g/mol. The minimum atomic E-state index is -0.212. The monoisotopic (exact) mass is 297 g/mol. The van der Waals surface area contributed by atoms with Crippen molar-refractivity contribution in [3.05, 3.63) is 53.9 Å². The van der Waals surface area contributed by atoms with E-state index >= 15 is 0 Å². The third-order valence-corrected chi connectivity index (χ3v) is 2.97. The van der Waals surface area contributed by atoms with E-state index in [0.717, 1.165) is 11.4 Å². The summed E-state index contributed by atoms with van der Waals surface area (Å²) < 4.78 is 0. The number of benzene rings is 1. The molecular weight excluding hydrogens is 278 g/mol. The van der Waals surface area contributed by atoms with Crippen LogP contribution in [0.4, 0.5) is 11.4 Å². The van der Waals surface area contributed by atoms with Gasteiger partial charge in [0.25, 0.3) is 5.91 Å². The first-order valence-corrected chi connectivity index (χ1v) is 7.10. The first-order chi connectivity index (χ1) is 10.5. The summed E-state index contributed by atoms with van der Waals surface area (Å²) in [7, 11) is 0. The van der Waals surface area contributed by atoms with Gasteiger partial charge in [-0.2, -0.15) is 0 Å². The molecule has 1 aromatic heterocycles. The maximum atomic E-state index is 12.0. The largest absolute Gasteiger partial charge is 0.355 e. The van der Waals surface area contributed by atoms with Gasteiger partial charge in [-0.05, 0) is 45.0 Å². The van der Waals surface area contributed by atoms with Crippen LogP contribution in [0.2, 0.25) is 0 Å². The molecular formula is C17H19N3O2. The molecule has 0 atom stereocenters. The SMILES string of the molecule is CC(=O)c1cccc(Nc2ccnc(C(=O)NC(C)C)c2)c1. The maximum absolute atomic E-state index is 12.0. The molecule has 5 nitrogen and oxygen atoms in total. The second kappa shape index (κ2) is 6.85. The molecule has 0 fully saturated rings. The van der Waals surface area contributed by atoms with Crippen LogP contribution in [-0.4, -0.2) is 22.7 Å². The number of aromatic nitrogens is 1. The fraction of sp³-hybridized carbons (Fsp3) is 0.235. The van der Waals surface area contributed by atoms with Crippen molar-refractivity contribution in [2.75, 3.05) is 5.32 Å². The van der Waals surface area contributed by atoms with Gasteiger partial charge in [0.05, 0.1) is 0 Å². The van der Waals surface area contributed by atoms with Crippen LogP contribution in [0.3, 0.4) is 0 Å². The molecule has 0 aliphatic heterocycles. The molecule has 0 radical (unpaired) electrons. The Hall–Kier alpha value is -2.69. The minimum absolute atomic E-state index is 0.00961. The van der Waals surface area contributed by atoms with Gasteiger partial charge in [-0.1, -0.05) is 12.1 Å². The van der Waals surface area contributed by atoms with Gasteiger partial charge in [0.1, 0.15) is 5.69 Å². The summed E-state index contributed by atoms with van der Waals surface area (Å²) in [6.07, 6.45) is 1.58. The molecule has 2 aromatic rings. The molecule has 0 spiro atoms. The van der Waals surface area contributed by atoms with E-state index < -0.39 is 0 Å². The van der Waals surface area contributed by atoms with Crippen molar-refractivity contribution in [2.45, 2.75) is 26.8 Å². The molecule has 1 aromatic carbocycles. The lowest BCUT2D eigenvalue weighted by Crippen LogP contribution is -2.30. The number of carbonyl (C=O) groups excluding carboxylic acids is 2. The van der Waals surface area contributed by atoms with Crippen molar-refractivity contribution in [1.82, 2.24) is 10.3 Å². The number of ketones is 1. The molecule has 0 aliphatic carbocycles. The summed E-state index contributed by atoms with van der Waals surface area (Å²) in [6.45, 7) is 5.32. The van der Waals surface area contributed by atoms with Gasteiger partial charge in [0.2, 0.25) is 0 Å². The molecule has 0 bridgehead atoms. The van der Waals surface area contributed by atoms with Gasteiger partial charge in [-0.3, -0.25) is 14.6 Å². The summed E-state index contributed by atoms with van der Waals surface area (Å²) >= 11 is 0. The number of nitrogens with zero attached hydrogens (tertiary/aromatic N) is 1. The summed E-state index contributed by atoms with van der Waals surface area (Å²) in [4.78, 5) is 27.4. The Balaban J connectivity index is 2.18. The summed E-state index contributed by atoms with van der Waals surface area (Å²) in [5.41, 5.74) is 2.51. The van der Waals surface area contributed by atoms with E-state index in [4.69, 9.17) is 0 Å². The van der Waals surface area contributed by atoms with Crippen LogP contribution in [-0.2, 0) is 0 Å². The van der Waals surface area contributed by atoms with Crippen LogP contribution >= 0.6 is 0 Å². The van der Waals surface area contributed by atoms with E-state index in [1.54, 1.807) is 30.5 Å². The zero-order valence-electron chi connectivity index (χ0n) is 12.9. The first kappa shape index (κ1) is 15.7. The number of pyridine rings is 1. The lowest BCUT2D eigenvalue weighted by atomic mass is 10.1. The Kier molecular flexibility index (Phi) is 4.88. The Labute approximate surface area is 129 Å². The summed E-state index contributed by atoms with van der Waals surface area (Å²) in [5, 5.41) is 5.98. The highest BCUT2D eigenvalue weighted by Crippen LogP contribution is 2.18. The molecule has 0 saturated carbocycles. The standard InChI is InChI=1S/C17H19N3O2/c1-11(2)19-17(22)16-10-15(7-8-18-16)20-14-6-4-5-13(9-14)12(3)21/h4-11H,1-3H3,(H,18,20)(H,19,22). The molecule has 0 aliphatic rings. The first-order valence-electron chi connectivity index (χ1n) is 7.10. The van der Waals surface area contributed by atoms with Crippen LogP contribution in [0.25, 0.3) is 0 Å². The highest BCUT2D eigenvalue weighted by Gasteiger charge is 2.09. The fourth-order valence-electron chi connectivity index (χ4n) is 1.95. The van der Waals surface area contributed by atoms with E-state index in [0.29, 0.717) is 11.3 Å². The third kappa shape index (κ3) is 4.15. The van der Waals surface area contributed by atoms with Gasteiger partial charge in [0, 0.05) is 29.2 Å². The van der Waals surface area contributed by atoms with Crippen LogP contribution in [0, 0.1) is 0 Å². The second-order valence-electron chi connectivity index (χ2n) is 5.32. The Morgan fingerprint density at radius 1 is 1.09 bits per heavy atom. The number of hydrogen-bond donors (Lipinski definition) is 2. The molecule has 5 heteroatoms. The van der Waals surface area contributed by atoms with Crippen LogP contribution in [0.5, 0.6) is 0 Å². The highest BCUT2D eigenvalue weighted by molar-refractivity contribution is 5.95. The average Bonchev–Trinajstić information content (AvgIpc) is 2.47. The van der Waals surface area contributed by atoms with Crippen molar-refractivity contribution in [1.29, 1.82) is 0 Å². The molecule has 22 heavy (non-hydrogen) atoms. The van der Waals surface area contributed by atoms with Crippen molar-refractivity contribution < 1.29 is 9.59 Å². The molecule has 0 saturated heterocycles. The van der Waals surface area contributed by atoms with Gasteiger partial charge in [0.15, 0.2) is 5.78 Å². The lowest BCUT2D eigenvalue weighted by molar-refractivity contribution is 0.0937. The number of amides is 1. The van der Waals surface area contributed by atoms with Crippen molar-refractivity contribution >= 4 is 23.1 Å². The molecule has 2 N–H and O–H groups in total. The van der Waals surface area contributed by atoms with Gasteiger partial charge in [-0.25, -0.2) is 0 Å². The zero-order chi connectivity index (χ0) is 16.1. The topological polar surface area (TPSA) is 71.1 Å². The van der Waals surface area contributed by atoms with Crippen LogP contribution < -0.4 is 10.6 Å². The number of nitrogens with one attached hydrogen (secondary N) is 2. The molecule has 1 amide bonds. The predicted molar refractivity (Wildman–Crippen MR) is 86.6 cm³/mol. The fourth-order valence-corrected chi connectivity index (χ4v) is 1.95. The minimum Gasteiger partial charge on any atom is -0.355 e. The van der Waals surface area contributed by atoms with E-state index in [9.17, 15) is 9.59 Å². The molecule has 2 rings (SSSR count). The van der Waals surface area contributed by atoms with Crippen molar-refractivity contribution in [2.24, 2.45) is 0 Å². The third-order valence-electron chi connectivity index (χ3n) is 2.97. The lowest BCUT2D eigenvalue weighted by Gasteiger charge is -2.10. The normalized spacial score (nSPS) is 10.4. The van der Waals surface area contributed by atoms with Crippen LogP contribution in [0.15, 0.2) is 42.6 Å². The molecule has 1 heterocycles. The number of anilines is 2. The van der Waals surface area contributed by atoms with E-state index in [-0.39, 0.29) is 17.7 Å². The predicted octanol–water partition coefficient (Wildman–Crippen LogP) is 3.17. The number of carbonyl (C=O) groups is 2. The smallest absolute Gasteiger partial charge is 0.270 e. The summed E-state index contributed by atoms with van der Waals surface area (Å²) in [5.74, 6) is -0.202. The van der Waals surface area contributed by atoms with Crippen LogP contribution in [0.1, 0.15) is 41.6 Å². The molecule has 114 valence electrons. The Bertz CT molecular complexity index is 696. The van der Waals surface area contributed by atoms with Gasteiger partial charge < -0.3 is 10.6 Å². The maximum Gasteiger partial charge on any atom is 0.270 e. The van der Waals surface area contributed by atoms with E-state index in [2.05, 4.69) is 15.6 Å². The number of Topliss-reactive ketones (excluding diaryl/α,β-unsaturated/α-hetero) is 1. The summed E-state index contributed by atoms with van der Waals surface area (Å²) in [6, 6.07) is 10.7. The van der Waals surface area contributed by atoms with Crippen molar-refractivity contribution in [3.63, 3.8) is 0 Å². The molecule has 0 unspecified atom stereocenters. The second-order valence-corrected chi connectivity index (χ2v) is 5.32. The zero-order valence-corrected chi connectivity index (χ0v) is 12.9. The van der Waals surface area contributed by atoms with Gasteiger partial charge >= 0.3 is 0 Å². The van der Waals surface area contributed by atoms with Crippen molar-refractivity contribution in [3.8, 4) is 0 Å². The van der Waals surface area contributed by atoms with E-state index in [1.165, 1.54) is 6.92 Å². The van der Waals surface area contributed by atoms with E-state index in [1.807, 2.05) is 26.0 Å². The highest BCUT2D eigenvalue weighted by atomic mass is 16.2. The number of rotatable bonds is 5. The van der Waals surface area contributed by atoms with Gasteiger partial charge in [-0.15, -0.1) is 0 Å². The quantitative estimate of drug-likeness (QED) is 0.832.